The minimum Gasteiger partial charge on any atom is -0.334 e. The number of hydrogen-bond acceptors (Lipinski definition) is 4. The van der Waals surface area contributed by atoms with Crippen LogP contribution in [0.15, 0.2) is 29.6 Å². The number of rotatable bonds is 3. The van der Waals surface area contributed by atoms with Gasteiger partial charge in [0, 0.05) is 40.5 Å². The highest BCUT2D eigenvalue weighted by Crippen LogP contribution is 2.28. The van der Waals surface area contributed by atoms with E-state index in [2.05, 4.69) is 27.0 Å². The molecule has 0 fully saturated rings. The summed E-state index contributed by atoms with van der Waals surface area (Å²) < 4.78 is 0. The van der Waals surface area contributed by atoms with E-state index in [1.807, 2.05) is 30.0 Å². The van der Waals surface area contributed by atoms with Gasteiger partial charge in [0.05, 0.1) is 0 Å². The van der Waals surface area contributed by atoms with Crippen LogP contribution in [-0.4, -0.2) is 33.5 Å². The first-order valence-electron chi connectivity index (χ1n) is 10.4. The minimum atomic E-state index is -0.219. The highest BCUT2D eigenvalue weighted by atomic mass is 32.1. The Bertz CT molecular complexity index is 1130. The highest BCUT2D eigenvalue weighted by Gasteiger charge is 2.25. The Morgan fingerprint density at radius 1 is 1.17 bits per heavy atom. The second-order valence-corrected chi connectivity index (χ2v) is 9.02. The van der Waals surface area contributed by atoms with Gasteiger partial charge < -0.3 is 10.2 Å². The third-order valence-corrected chi connectivity index (χ3v) is 7.20. The summed E-state index contributed by atoms with van der Waals surface area (Å²) in [7, 11) is 0. The van der Waals surface area contributed by atoms with Crippen molar-refractivity contribution in [2.45, 2.75) is 45.6 Å². The van der Waals surface area contributed by atoms with Crippen LogP contribution in [0.4, 0.5) is 5.69 Å². The largest absolute Gasteiger partial charge is 0.334 e. The maximum absolute atomic E-state index is 13.2. The third-order valence-electron chi connectivity index (χ3n) is 6.18. The topological polar surface area (TPSA) is 78.1 Å². The van der Waals surface area contributed by atoms with Gasteiger partial charge in [0.2, 0.25) is 0 Å². The molecule has 5 rings (SSSR count). The second-order valence-electron chi connectivity index (χ2n) is 8.01. The highest BCUT2D eigenvalue weighted by molar-refractivity contribution is 7.10. The molecule has 0 radical (unpaired) electrons. The van der Waals surface area contributed by atoms with Crippen molar-refractivity contribution in [3.8, 4) is 0 Å². The van der Waals surface area contributed by atoms with Crippen molar-refractivity contribution in [3.05, 3.63) is 68.2 Å². The number of nitrogens with one attached hydrogen (secondary N) is 2. The van der Waals surface area contributed by atoms with E-state index >= 15 is 0 Å². The van der Waals surface area contributed by atoms with Crippen molar-refractivity contribution >= 4 is 28.8 Å². The van der Waals surface area contributed by atoms with Gasteiger partial charge in [-0.2, -0.15) is 5.10 Å². The number of aromatic amines is 1. The van der Waals surface area contributed by atoms with Gasteiger partial charge in [0.15, 0.2) is 5.69 Å². The van der Waals surface area contributed by atoms with E-state index in [0.29, 0.717) is 23.5 Å². The van der Waals surface area contributed by atoms with E-state index in [-0.39, 0.29) is 11.8 Å². The zero-order chi connectivity index (χ0) is 20.7. The fourth-order valence-corrected chi connectivity index (χ4v) is 5.33. The summed E-state index contributed by atoms with van der Waals surface area (Å²) in [6, 6.07) is 7.62. The number of thiophene rings is 1. The number of carbonyl (C=O) groups is 2. The molecule has 3 heterocycles. The number of amides is 2. The average molecular weight is 421 g/mol. The van der Waals surface area contributed by atoms with Crippen LogP contribution >= 0.6 is 11.3 Å². The van der Waals surface area contributed by atoms with Crippen LogP contribution in [-0.2, 0) is 25.8 Å². The van der Waals surface area contributed by atoms with Crippen LogP contribution in [0.1, 0.15) is 60.9 Å². The number of carbonyl (C=O) groups excluding carboxylic acids is 2. The van der Waals surface area contributed by atoms with E-state index in [1.165, 1.54) is 10.4 Å². The molecule has 0 bridgehead atoms. The van der Waals surface area contributed by atoms with Gasteiger partial charge in [-0.1, -0.05) is 6.07 Å². The summed E-state index contributed by atoms with van der Waals surface area (Å²) in [4.78, 5) is 29.4. The summed E-state index contributed by atoms with van der Waals surface area (Å²) in [5.74, 6) is -0.208. The van der Waals surface area contributed by atoms with Crippen LogP contribution in [0.25, 0.3) is 0 Å². The molecule has 0 atom stereocenters. The quantitative estimate of drug-likeness (QED) is 0.669. The van der Waals surface area contributed by atoms with E-state index in [9.17, 15) is 9.59 Å². The summed E-state index contributed by atoms with van der Waals surface area (Å²) >= 11 is 1.76. The van der Waals surface area contributed by atoms with Crippen LogP contribution in [0.3, 0.4) is 0 Å². The predicted octanol–water partition coefficient (Wildman–Crippen LogP) is 4.11. The van der Waals surface area contributed by atoms with E-state index in [0.717, 1.165) is 55.5 Å². The number of nitrogens with zero attached hydrogens (tertiary/aromatic N) is 2. The average Bonchev–Trinajstić information content (AvgIpc) is 3.41. The molecule has 0 saturated carbocycles. The minimum absolute atomic E-state index is 0.0117. The molecule has 154 valence electrons. The molecule has 0 unspecified atom stereocenters. The molecule has 0 saturated heterocycles. The molecule has 0 spiro atoms. The van der Waals surface area contributed by atoms with Crippen LogP contribution in [0, 0.1) is 6.92 Å². The molecule has 2 aromatic heterocycles. The lowest BCUT2D eigenvalue weighted by molar-refractivity contribution is 0.0735. The van der Waals surface area contributed by atoms with Crippen LogP contribution in [0.5, 0.6) is 0 Å². The predicted molar refractivity (Wildman–Crippen MR) is 117 cm³/mol. The first kappa shape index (κ1) is 19.1. The summed E-state index contributed by atoms with van der Waals surface area (Å²) in [6.45, 7) is 3.26. The second kappa shape index (κ2) is 7.72. The molecule has 2 N–H and O–H groups in total. The first-order chi connectivity index (χ1) is 14.6. The smallest absolute Gasteiger partial charge is 0.276 e. The number of anilines is 1. The van der Waals surface area contributed by atoms with Crippen molar-refractivity contribution in [1.82, 2.24) is 15.1 Å². The van der Waals surface area contributed by atoms with E-state index < -0.39 is 0 Å². The molecule has 1 aliphatic carbocycles. The van der Waals surface area contributed by atoms with Crippen LogP contribution in [0.2, 0.25) is 0 Å². The fraction of sp³-hybridized carbons (Fsp3) is 0.348. The summed E-state index contributed by atoms with van der Waals surface area (Å²) in [6.07, 6.45) is 4.94. The Morgan fingerprint density at radius 2 is 2.03 bits per heavy atom. The standard InChI is InChI=1S/C23H24N4O2S/c1-14-16(23(29)27-11-9-20-15(13-27)10-12-30-20)6-4-8-18(14)24-22(28)21-17-5-2-3-7-19(17)25-26-21/h4,6,8,10,12H,2-3,5,7,9,11,13H2,1H3,(H,24,28)(H,25,26). The van der Waals surface area contributed by atoms with Crippen molar-refractivity contribution < 1.29 is 9.59 Å². The third kappa shape index (κ3) is 3.33. The molecule has 1 aromatic carbocycles. The molecule has 30 heavy (non-hydrogen) atoms. The number of aryl methyl sites for hydroxylation is 1. The van der Waals surface area contributed by atoms with Gasteiger partial charge in [0.25, 0.3) is 11.8 Å². The number of fused-ring (bicyclic) bond motifs is 2. The maximum Gasteiger partial charge on any atom is 0.276 e. The monoisotopic (exact) mass is 420 g/mol. The zero-order valence-electron chi connectivity index (χ0n) is 17.0. The van der Waals surface area contributed by atoms with Gasteiger partial charge in [-0.05, 0) is 73.7 Å². The van der Waals surface area contributed by atoms with Crippen LogP contribution < -0.4 is 5.32 Å². The summed E-state index contributed by atoms with van der Waals surface area (Å²) in [5, 5.41) is 12.3. The van der Waals surface area contributed by atoms with Crippen molar-refractivity contribution in [1.29, 1.82) is 0 Å². The lowest BCUT2D eigenvalue weighted by Crippen LogP contribution is -2.35. The van der Waals surface area contributed by atoms with Gasteiger partial charge in [-0.3, -0.25) is 14.7 Å². The Morgan fingerprint density at radius 3 is 2.93 bits per heavy atom. The van der Waals surface area contributed by atoms with Crippen molar-refractivity contribution in [2.24, 2.45) is 0 Å². The SMILES string of the molecule is Cc1c(NC(=O)c2n[nH]c3c2CCCC3)cccc1C(=O)N1CCc2sccc2C1. The van der Waals surface area contributed by atoms with Gasteiger partial charge in [-0.25, -0.2) is 0 Å². The molecular weight excluding hydrogens is 396 g/mol. The van der Waals surface area contributed by atoms with Crippen molar-refractivity contribution in [3.63, 3.8) is 0 Å². The molecule has 1 aliphatic heterocycles. The van der Waals surface area contributed by atoms with E-state index in [1.54, 1.807) is 11.3 Å². The maximum atomic E-state index is 13.2. The Balaban J connectivity index is 1.36. The molecule has 6 nitrogen and oxygen atoms in total. The summed E-state index contributed by atoms with van der Waals surface area (Å²) in [5.41, 5.74) is 5.90. The molecular formula is C23H24N4O2S. The van der Waals surface area contributed by atoms with Crippen molar-refractivity contribution in [2.75, 3.05) is 11.9 Å². The molecule has 3 aromatic rings. The van der Waals surface area contributed by atoms with E-state index in [4.69, 9.17) is 0 Å². The normalized spacial score (nSPS) is 15.4. The first-order valence-corrected chi connectivity index (χ1v) is 11.3. The van der Waals surface area contributed by atoms with Gasteiger partial charge >= 0.3 is 0 Å². The lowest BCUT2D eigenvalue weighted by Gasteiger charge is -2.28. The Hall–Kier alpha value is -2.93. The van der Waals surface area contributed by atoms with Gasteiger partial charge in [0.1, 0.15) is 0 Å². The molecule has 7 heteroatoms. The zero-order valence-corrected chi connectivity index (χ0v) is 17.8. The van der Waals surface area contributed by atoms with Gasteiger partial charge in [-0.15, -0.1) is 11.3 Å². The number of benzene rings is 1. The lowest BCUT2D eigenvalue weighted by atomic mass is 9.95. The molecule has 2 aliphatic rings. The fourth-order valence-electron chi connectivity index (χ4n) is 4.45. The molecule has 2 amide bonds. The Labute approximate surface area is 179 Å². The number of aromatic nitrogens is 2. The Kier molecular flexibility index (Phi) is 4.90. The number of H-pyrrole nitrogens is 1. The number of hydrogen-bond donors (Lipinski definition) is 2.